The molecular weight excluding hydrogens is 474 g/mol. The Labute approximate surface area is 226 Å². The molecule has 3 aliphatic carbocycles. The van der Waals surface area contributed by atoms with E-state index in [0.717, 1.165) is 51.0 Å². The highest BCUT2D eigenvalue weighted by molar-refractivity contribution is 5.92. The fourth-order valence-electron chi connectivity index (χ4n) is 8.46. The van der Waals surface area contributed by atoms with Gasteiger partial charge in [-0.2, -0.15) is 0 Å². The van der Waals surface area contributed by atoms with Crippen LogP contribution in [0, 0.1) is 17.8 Å². The maximum Gasteiger partial charge on any atom is 0.270 e. The molecule has 1 amide bonds. The highest BCUT2D eigenvalue weighted by Gasteiger charge is 2.53. The molecule has 2 bridgehead atoms. The zero-order chi connectivity index (χ0) is 26.6. The van der Waals surface area contributed by atoms with Crippen molar-refractivity contribution in [2.24, 2.45) is 24.8 Å². The summed E-state index contributed by atoms with van der Waals surface area (Å²) in [6.45, 7) is 4.73. The highest BCUT2D eigenvalue weighted by atomic mass is 16.3. The van der Waals surface area contributed by atoms with Gasteiger partial charge in [-0.15, -0.1) is 0 Å². The Kier molecular flexibility index (Phi) is 6.66. The van der Waals surface area contributed by atoms with Gasteiger partial charge in [-0.3, -0.25) is 14.5 Å². The predicted octanol–water partition coefficient (Wildman–Crippen LogP) is 4.73. The van der Waals surface area contributed by atoms with Gasteiger partial charge in [0.25, 0.3) is 11.5 Å². The average molecular weight is 518 g/mol. The molecule has 6 heteroatoms. The number of carbonyl (C=O) groups excluding carboxylic acids is 1. The molecule has 2 saturated carbocycles. The number of aromatic nitrogens is 1. The van der Waals surface area contributed by atoms with Crippen LogP contribution in [0.25, 0.3) is 0 Å². The van der Waals surface area contributed by atoms with Crippen molar-refractivity contribution < 1.29 is 9.90 Å². The van der Waals surface area contributed by atoms with Gasteiger partial charge in [0.15, 0.2) is 0 Å². The molecule has 1 spiro atoms. The summed E-state index contributed by atoms with van der Waals surface area (Å²) in [6.07, 6.45) is 10.3. The van der Waals surface area contributed by atoms with E-state index in [9.17, 15) is 14.7 Å². The lowest BCUT2D eigenvalue weighted by Crippen LogP contribution is -2.56. The highest BCUT2D eigenvalue weighted by Crippen LogP contribution is 2.55. The average Bonchev–Trinajstić information content (AvgIpc) is 3.72. The first-order valence-corrected chi connectivity index (χ1v) is 14.8. The number of carbonyl (C=O) groups is 1. The lowest BCUT2D eigenvalue weighted by molar-refractivity contribution is 0.0157. The van der Waals surface area contributed by atoms with Crippen LogP contribution < -0.4 is 5.56 Å². The van der Waals surface area contributed by atoms with E-state index in [2.05, 4.69) is 24.0 Å². The van der Waals surface area contributed by atoms with Crippen LogP contribution in [0.15, 0.2) is 41.2 Å². The number of fused-ring (bicyclic) bond motifs is 4. The first-order chi connectivity index (χ1) is 18.3. The third-order valence-corrected chi connectivity index (χ3v) is 10.6. The minimum Gasteiger partial charge on any atom is -0.508 e. The summed E-state index contributed by atoms with van der Waals surface area (Å²) in [4.78, 5) is 31.0. The molecule has 5 aliphatic rings. The van der Waals surface area contributed by atoms with Crippen molar-refractivity contribution in [3.05, 3.63) is 63.6 Å². The Bertz CT molecular complexity index is 1270. The lowest BCUT2D eigenvalue weighted by atomic mass is 9.54. The summed E-state index contributed by atoms with van der Waals surface area (Å²) in [6, 6.07) is 11.7. The standard InChI is InChI=1S/C32H43N3O3/c1-21-9-13-24-18-23-12-14-25(36)19-26(23)32(16-17-35(24)20-22-10-11-22)15-5-7-27(30(21)32)34(3)31(38)28-6-4-8-29(37)33(28)2/h4,6,8,12,14,19,21-22,24,27,30,36H,5,7,9-11,13,15-18,20H2,1-3H3/t21-,24+,27?,30?,32?/m0/s1. The normalized spacial score (nSPS) is 31.3. The molecule has 5 atom stereocenters. The van der Waals surface area contributed by atoms with Crippen LogP contribution in [0.5, 0.6) is 5.75 Å². The summed E-state index contributed by atoms with van der Waals surface area (Å²) in [5, 5.41) is 10.7. The largest absolute Gasteiger partial charge is 0.508 e. The predicted molar refractivity (Wildman–Crippen MR) is 149 cm³/mol. The quantitative estimate of drug-likeness (QED) is 0.637. The second-order valence-corrected chi connectivity index (χ2v) is 12.8. The molecule has 3 unspecified atom stereocenters. The van der Waals surface area contributed by atoms with Gasteiger partial charge >= 0.3 is 0 Å². The number of hydrogen-bond acceptors (Lipinski definition) is 4. The molecule has 2 aliphatic heterocycles. The SMILES string of the molecule is C[C@H]1CC[C@@H]2Cc3ccc(O)cc3C3(CCCC(N(C)C(=O)c4cccc(=O)n4C)C13)CCN2CC1CC1. The zero-order valence-corrected chi connectivity index (χ0v) is 23.2. The van der Waals surface area contributed by atoms with Crippen LogP contribution in [-0.4, -0.2) is 57.6 Å². The zero-order valence-electron chi connectivity index (χ0n) is 23.2. The number of phenols is 1. The van der Waals surface area contributed by atoms with E-state index in [1.807, 2.05) is 18.0 Å². The van der Waals surface area contributed by atoms with Gasteiger partial charge in [-0.1, -0.05) is 25.5 Å². The number of nitrogens with zero attached hydrogens (tertiary/aromatic N) is 3. The Morgan fingerprint density at radius 3 is 2.71 bits per heavy atom. The molecular formula is C32H43N3O3. The van der Waals surface area contributed by atoms with Gasteiger partial charge in [-0.05, 0) is 105 Å². The van der Waals surface area contributed by atoms with Crippen molar-refractivity contribution >= 4 is 5.91 Å². The minimum atomic E-state index is -0.157. The van der Waals surface area contributed by atoms with Crippen LogP contribution in [0.3, 0.4) is 0 Å². The summed E-state index contributed by atoms with van der Waals surface area (Å²) in [5.74, 6) is 1.89. The third-order valence-electron chi connectivity index (χ3n) is 10.6. The number of pyridine rings is 1. The van der Waals surface area contributed by atoms with Crippen LogP contribution >= 0.6 is 0 Å². The first-order valence-electron chi connectivity index (χ1n) is 14.8. The monoisotopic (exact) mass is 517 g/mol. The maximum atomic E-state index is 13.9. The van der Waals surface area contributed by atoms with E-state index in [1.165, 1.54) is 47.6 Å². The van der Waals surface area contributed by atoms with Crippen molar-refractivity contribution in [1.29, 1.82) is 0 Å². The molecule has 7 rings (SSSR count). The van der Waals surface area contributed by atoms with Gasteiger partial charge in [0.2, 0.25) is 0 Å². The molecule has 204 valence electrons. The fourth-order valence-corrected chi connectivity index (χ4v) is 8.46. The number of hydrogen-bond donors (Lipinski definition) is 1. The van der Waals surface area contributed by atoms with Gasteiger partial charge in [0.05, 0.1) is 0 Å². The molecule has 6 nitrogen and oxygen atoms in total. The maximum absolute atomic E-state index is 13.9. The lowest BCUT2D eigenvalue weighted by Gasteiger charge is -2.54. The summed E-state index contributed by atoms with van der Waals surface area (Å²) >= 11 is 0. The molecule has 3 heterocycles. The van der Waals surface area contributed by atoms with Crippen molar-refractivity contribution in [3.63, 3.8) is 0 Å². The van der Waals surface area contributed by atoms with E-state index in [-0.39, 0.29) is 22.9 Å². The molecule has 2 aromatic rings. The Balaban J connectivity index is 1.45. The smallest absolute Gasteiger partial charge is 0.270 e. The van der Waals surface area contributed by atoms with Crippen molar-refractivity contribution in [3.8, 4) is 5.75 Å². The van der Waals surface area contributed by atoms with E-state index >= 15 is 0 Å². The molecule has 1 saturated heterocycles. The number of phenolic OH excluding ortho intramolecular Hbond substituents is 1. The summed E-state index contributed by atoms with van der Waals surface area (Å²) in [7, 11) is 3.64. The molecule has 1 N–H and O–H groups in total. The molecule has 1 aromatic heterocycles. The van der Waals surface area contributed by atoms with Gasteiger partial charge in [-0.25, -0.2) is 0 Å². The summed E-state index contributed by atoms with van der Waals surface area (Å²) in [5.41, 5.74) is 2.95. The van der Waals surface area contributed by atoms with Crippen molar-refractivity contribution in [2.75, 3.05) is 20.1 Å². The van der Waals surface area contributed by atoms with E-state index in [1.54, 1.807) is 19.2 Å². The number of rotatable bonds is 4. The van der Waals surface area contributed by atoms with E-state index in [0.29, 0.717) is 29.3 Å². The van der Waals surface area contributed by atoms with Crippen molar-refractivity contribution in [1.82, 2.24) is 14.4 Å². The fraction of sp³-hybridized carbons (Fsp3) is 0.625. The van der Waals surface area contributed by atoms with E-state index < -0.39 is 0 Å². The molecule has 3 fully saturated rings. The topological polar surface area (TPSA) is 65.8 Å². The molecule has 38 heavy (non-hydrogen) atoms. The number of aromatic hydroxyl groups is 1. The van der Waals surface area contributed by atoms with Crippen LogP contribution in [0.2, 0.25) is 0 Å². The Morgan fingerprint density at radius 1 is 1.11 bits per heavy atom. The molecule has 1 aromatic carbocycles. The Morgan fingerprint density at radius 2 is 1.92 bits per heavy atom. The van der Waals surface area contributed by atoms with Gasteiger partial charge < -0.3 is 14.6 Å². The van der Waals surface area contributed by atoms with Crippen LogP contribution in [-0.2, 0) is 18.9 Å². The van der Waals surface area contributed by atoms with Crippen LogP contribution in [0.4, 0.5) is 0 Å². The van der Waals surface area contributed by atoms with Gasteiger partial charge in [0.1, 0.15) is 11.4 Å². The number of amides is 1. The minimum absolute atomic E-state index is 0.0719. The first kappa shape index (κ1) is 25.7. The number of benzene rings is 1. The Hall–Kier alpha value is -2.60. The van der Waals surface area contributed by atoms with E-state index in [4.69, 9.17) is 0 Å². The second-order valence-electron chi connectivity index (χ2n) is 12.8. The molecule has 0 radical (unpaired) electrons. The third kappa shape index (κ3) is 4.39. The van der Waals surface area contributed by atoms with Crippen molar-refractivity contribution in [2.45, 2.75) is 82.2 Å². The van der Waals surface area contributed by atoms with Crippen LogP contribution in [0.1, 0.15) is 79.9 Å². The summed E-state index contributed by atoms with van der Waals surface area (Å²) < 4.78 is 1.48. The van der Waals surface area contributed by atoms with Gasteiger partial charge in [0, 0.05) is 44.2 Å². The second kappa shape index (κ2) is 9.86.